The predicted octanol–water partition coefficient (Wildman–Crippen LogP) is 3.97. The summed E-state index contributed by atoms with van der Waals surface area (Å²) in [5.74, 6) is 0. The van der Waals surface area contributed by atoms with Crippen LogP contribution >= 0.6 is 11.8 Å². The van der Waals surface area contributed by atoms with Crippen LogP contribution in [0.25, 0.3) is 0 Å². The number of rotatable bonds is 4. The standard InChI is InChI=1S/C11H16N2OS.C2H6/c1-3-7-12-11(14)13-9-5-4-6-10(8-9)15-2;1-2/h4-6,8H,3,7H2,1-2H3,(H2,12,13,14);1-2H3. The van der Waals surface area contributed by atoms with Crippen molar-refractivity contribution >= 4 is 23.5 Å². The molecule has 0 saturated heterocycles. The molecule has 0 heterocycles. The van der Waals surface area contributed by atoms with E-state index >= 15 is 0 Å². The number of nitrogens with one attached hydrogen (secondary N) is 2. The Bertz CT molecular complexity index is 329. The molecule has 0 bridgehead atoms. The maximum Gasteiger partial charge on any atom is 0.319 e. The van der Waals surface area contributed by atoms with Gasteiger partial charge in [0.15, 0.2) is 0 Å². The number of amides is 2. The molecule has 1 rings (SSSR count). The molecule has 2 amide bonds. The first-order valence-corrected chi connectivity index (χ1v) is 7.17. The fourth-order valence-corrected chi connectivity index (χ4v) is 1.57. The van der Waals surface area contributed by atoms with Crippen molar-refractivity contribution in [3.63, 3.8) is 0 Å². The third-order valence-corrected chi connectivity index (χ3v) is 2.59. The first-order chi connectivity index (χ1) is 8.26. The fraction of sp³-hybridized carbons (Fsp3) is 0.462. The molecule has 1 aromatic carbocycles. The summed E-state index contributed by atoms with van der Waals surface area (Å²) >= 11 is 1.66. The molecule has 0 aliphatic heterocycles. The third-order valence-electron chi connectivity index (χ3n) is 1.86. The van der Waals surface area contributed by atoms with Gasteiger partial charge in [0.1, 0.15) is 0 Å². The molecule has 17 heavy (non-hydrogen) atoms. The first kappa shape index (κ1) is 15.8. The van der Waals surface area contributed by atoms with Crippen LogP contribution in [0.15, 0.2) is 29.2 Å². The van der Waals surface area contributed by atoms with E-state index in [1.54, 1.807) is 11.8 Å². The van der Waals surface area contributed by atoms with Crippen molar-refractivity contribution in [3.8, 4) is 0 Å². The van der Waals surface area contributed by atoms with Crippen LogP contribution in [-0.4, -0.2) is 18.8 Å². The Kier molecular flexibility index (Phi) is 9.34. The molecule has 96 valence electrons. The van der Waals surface area contributed by atoms with Gasteiger partial charge < -0.3 is 10.6 Å². The second-order valence-electron chi connectivity index (χ2n) is 3.11. The van der Waals surface area contributed by atoms with Crippen molar-refractivity contribution in [2.75, 3.05) is 18.1 Å². The maximum absolute atomic E-state index is 11.3. The van der Waals surface area contributed by atoms with Gasteiger partial charge in [-0.05, 0) is 30.9 Å². The highest BCUT2D eigenvalue weighted by Crippen LogP contribution is 2.18. The van der Waals surface area contributed by atoms with Gasteiger partial charge in [0.2, 0.25) is 0 Å². The minimum absolute atomic E-state index is 0.143. The van der Waals surface area contributed by atoms with Gasteiger partial charge in [0, 0.05) is 17.1 Å². The topological polar surface area (TPSA) is 41.1 Å². The molecule has 3 nitrogen and oxygen atoms in total. The molecule has 2 N–H and O–H groups in total. The quantitative estimate of drug-likeness (QED) is 0.798. The second kappa shape index (κ2) is 10.0. The Morgan fingerprint density at radius 1 is 1.35 bits per heavy atom. The Hall–Kier alpha value is -1.16. The van der Waals surface area contributed by atoms with Crippen molar-refractivity contribution in [2.45, 2.75) is 32.1 Å². The number of urea groups is 1. The summed E-state index contributed by atoms with van der Waals surface area (Å²) in [7, 11) is 0. The SMILES string of the molecule is CC.CCCNC(=O)Nc1cccc(SC)c1. The molecule has 0 unspecified atom stereocenters. The lowest BCUT2D eigenvalue weighted by molar-refractivity contribution is 0.252. The average molecular weight is 254 g/mol. The van der Waals surface area contributed by atoms with E-state index in [2.05, 4.69) is 10.6 Å². The second-order valence-corrected chi connectivity index (χ2v) is 3.99. The van der Waals surface area contributed by atoms with E-state index in [-0.39, 0.29) is 6.03 Å². The van der Waals surface area contributed by atoms with Crippen LogP contribution in [-0.2, 0) is 0 Å². The van der Waals surface area contributed by atoms with Crippen LogP contribution in [0.1, 0.15) is 27.2 Å². The number of carbonyl (C=O) groups is 1. The maximum atomic E-state index is 11.3. The van der Waals surface area contributed by atoms with E-state index in [1.807, 2.05) is 51.3 Å². The number of hydrogen-bond acceptors (Lipinski definition) is 2. The molecule has 0 aromatic heterocycles. The summed E-state index contributed by atoms with van der Waals surface area (Å²) in [5, 5.41) is 5.55. The molecule has 0 atom stereocenters. The Balaban J connectivity index is 0.00000121. The van der Waals surface area contributed by atoms with Crippen LogP contribution in [0.2, 0.25) is 0 Å². The summed E-state index contributed by atoms with van der Waals surface area (Å²) < 4.78 is 0. The van der Waals surface area contributed by atoms with Gasteiger partial charge in [-0.3, -0.25) is 0 Å². The van der Waals surface area contributed by atoms with Gasteiger partial charge in [-0.25, -0.2) is 4.79 Å². The summed E-state index contributed by atoms with van der Waals surface area (Å²) in [4.78, 5) is 12.5. The lowest BCUT2D eigenvalue weighted by Crippen LogP contribution is -2.29. The van der Waals surface area contributed by atoms with E-state index in [1.165, 1.54) is 0 Å². The minimum atomic E-state index is -0.143. The number of benzene rings is 1. The van der Waals surface area contributed by atoms with Gasteiger partial charge in [-0.15, -0.1) is 11.8 Å². The van der Waals surface area contributed by atoms with Crippen molar-refractivity contribution in [1.82, 2.24) is 5.32 Å². The van der Waals surface area contributed by atoms with E-state index in [0.717, 1.165) is 17.0 Å². The zero-order valence-electron chi connectivity index (χ0n) is 11.0. The molecule has 4 heteroatoms. The summed E-state index contributed by atoms with van der Waals surface area (Å²) in [6.07, 6.45) is 2.95. The highest BCUT2D eigenvalue weighted by Gasteiger charge is 2.00. The molecule has 1 aromatic rings. The summed E-state index contributed by atoms with van der Waals surface area (Å²) in [6, 6.07) is 7.64. The first-order valence-electron chi connectivity index (χ1n) is 5.95. The average Bonchev–Trinajstić information content (AvgIpc) is 2.39. The number of thioether (sulfide) groups is 1. The van der Waals surface area contributed by atoms with Gasteiger partial charge >= 0.3 is 6.03 Å². The van der Waals surface area contributed by atoms with Crippen molar-refractivity contribution < 1.29 is 4.79 Å². The minimum Gasteiger partial charge on any atom is -0.338 e. The Morgan fingerprint density at radius 2 is 2.06 bits per heavy atom. The van der Waals surface area contributed by atoms with Crippen LogP contribution in [0.4, 0.5) is 10.5 Å². The highest BCUT2D eigenvalue weighted by molar-refractivity contribution is 7.98. The number of hydrogen-bond donors (Lipinski definition) is 2. The fourth-order valence-electron chi connectivity index (χ4n) is 1.11. The zero-order chi connectivity index (χ0) is 13.1. The van der Waals surface area contributed by atoms with Gasteiger partial charge in [0.05, 0.1) is 0 Å². The monoisotopic (exact) mass is 254 g/mol. The Labute approximate surface area is 108 Å². The van der Waals surface area contributed by atoms with E-state index in [0.29, 0.717) is 6.54 Å². The zero-order valence-corrected chi connectivity index (χ0v) is 11.9. The third kappa shape index (κ3) is 6.89. The van der Waals surface area contributed by atoms with E-state index < -0.39 is 0 Å². The van der Waals surface area contributed by atoms with E-state index in [9.17, 15) is 4.79 Å². The summed E-state index contributed by atoms with van der Waals surface area (Å²) in [6.45, 7) is 6.72. The largest absolute Gasteiger partial charge is 0.338 e. The van der Waals surface area contributed by atoms with Gasteiger partial charge in [-0.2, -0.15) is 0 Å². The number of carbonyl (C=O) groups excluding carboxylic acids is 1. The molecular formula is C13H22N2OS. The molecule has 0 aliphatic rings. The predicted molar refractivity (Wildman–Crippen MR) is 76.9 cm³/mol. The van der Waals surface area contributed by atoms with Crippen LogP contribution in [0.3, 0.4) is 0 Å². The van der Waals surface area contributed by atoms with Crippen LogP contribution in [0, 0.1) is 0 Å². The van der Waals surface area contributed by atoms with Crippen molar-refractivity contribution in [2.24, 2.45) is 0 Å². The highest BCUT2D eigenvalue weighted by atomic mass is 32.2. The van der Waals surface area contributed by atoms with Gasteiger partial charge in [-0.1, -0.05) is 26.8 Å². The molecule has 0 fully saturated rings. The van der Waals surface area contributed by atoms with Gasteiger partial charge in [0.25, 0.3) is 0 Å². The van der Waals surface area contributed by atoms with Crippen molar-refractivity contribution in [1.29, 1.82) is 0 Å². The summed E-state index contributed by atoms with van der Waals surface area (Å²) in [5.41, 5.74) is 0.829. The van der Waals surface area contributed by atoms with Crippen molar-refractivity contribution in [3.05, 3.63) is 24.3 Å². The number of anilines is 1. The lowest BCUT2D eigenvalue weighted by Gasteiger charge is -2.07. The van der Waals surface area contributed by atoms with Crippen LogP contribution < -0.4 is 10.6 Å². The lowest BCUT2D eigenvalue weighted by atomic mass is 10.3. The molecule has 0 spiro atoms. The molecule has 0 aliphatic carbocycles. The normalized spacial score (nSPS) is 8.94. The van der Waals surface area contributed by atoms with E-state index in [4.69, 9.17) is 0 Å². The molecule has 0 saturated carbocycles. The molecule has 0 radical (unpaired) electrons. The molecular weight excluding hydrogens is 232 g/mol. The smallest absolute Gasteiger partial charge is 0.319 e. The Morgan fingerprint density at radius 3 is 2.65 bits per heavy atom. The van der Waals surface area contributed by atoms with Crippen LogP contribution in [0.5, 0.6) is 0 Å².